The van der Waals surface area contributed by atoms with Gasteiger partial charge in [0.1, 0.15) is 6.61 Å². The molecule has 5 nitrogen and oxygen atoms in total. The number of aliphatic hydroxyl groups is 1. The number of amides is 1. The lowest BCUT2D eigenvalue weighted by Gasteiger charge is -2.38. The van der Waals surface area contributed by atoms with Crippen molar-refractivity contribution in [3.63, 3.8) is 0 Å². The highest BCUT2D eigenvalue weighted by Crippen LogP contribution is 2.30. The Morgan fingerprint density at radius 2 is 1.78 bits per heavy atom. The second-order valence-electron chi connectivity index (χ2n) is 7.75. The Morgan fingerprint density at radius 3 is 2.33 bits per heavy atom. The van der Waals surface area contributed by atoms with Gasteiger partial charge in [0.25, 0.3) is 0 Å². The van der Waals surface area contributed by atoms with Crippen LogP contribution >= 0.6 is 24.8 Å². The summed E-state index contributed by atoms with van der Waals surface area (Å²) in [5.41, 5.74) is 1.32. The minimum absolute atomic E-state index is 0. The number of hydrogen-bond acceptors (Lipinski definition) is 4. The first-order valence-corrected chi connectivity index (χ1v) is 9.52. The second kappa shape index (κ2) is 11.1. The van der Waals surface area contributed by atoms with Gasteiger partial charge < -0.3 is 15.3 Å². The molecule has 7 heteroatoms. The van der Waals surface area contributed by atoms with Crippen molar-refractivity contribution in [2.75, 3.05) is 37.7 Å². The molecule has 0 unspecified atom stereocenters. The number of nitrogens with zero attached hydrogens (tertiary/aromatic N) is 2. The Balaban J connectivity index is 0.00000182. The van der Waals surface area contributed by atoms with Gasteiger partial charge in [-0.2, -0.15) is 0 Å². The molecule has 2 fully saturated rings. The number of hydrogen-bond donors (Lipinski definition) is 2. The third kappa shape index (κ3) is 5.98. The molecule has 1 aromatic carbocycles. The van der Waals surface area contributed by atoms with Crippen LogP contribution in [0, 0.1) is 11.8 Å². The first kappa shape index (κ1) is 24.0. The van der Waals surface area contributed by atoms with Gasteiger partial charge in [-0.3, -0.25) is 9.69 Å². The predicted molar refractivity (Wildman–Crippen MR) is 115 cm³/mol. The molecule has 2 aliphatic rings. The summed E-state index contributed by atoms with van der Waals surface area (Å²) in [4.78, 5) is 16.7. The lowest BCUT2D eigenvalue weighted by atomic mass is 9.91. The molecule has 0 radical (unpaired) electrons. The van der Waals surface area contributed by atoms with Gasteiger partial charge in [0, 0.05) is 44.0 Å². The molecule has 0 spiro atoms. The van der Waals surface area contributed by atoms with Gasteiger partial charge in [0.05, 0.1) is 0 Å². The molecular formula is C20H33Cl2N3O2. The summed E-state index contributed by atoms with van der Waals surface area (Å²) in [5, 5.41) is 12.1. The van der Waals surface area contributed by atoms with E-state index in [9.17, 15) is 4.79 Å². The molecule has 1 amide bonds. The van der Waals surface area contributed by atoms with Crippen LogP contribution in [0.15, 0.2) is 30.3 Å². The van der Waals surface area contributed by atoms with Crippen LogP contribution in [0.25, 0.3) is 0 Å². The number of nitrogens with one attached hydrogen (secondary N) is 1. The molecule has 3 rings (SSSR count). The molecule has 0 saturated carbocycles. The first-order valence-electron chi connectivity index (χ1n) is 9.52. The fourth-order valence-electron chi connectivity index (χ4n) is 4.37. The van der Waals surface area contributed by atoms with E-state index in [2.05, 4.69) is 59.3 Å². The monoisotopic (exact) mass is 417 g/mol. The Morgan fingerprint density at radius 1 is 1.15 bits per heavy atom. The van der Waals surface area contributed by atoms with Crippen molar-refractivity contribution in [3.05, 3.63) is 30.3 Å². The SMILES string of the molecule is CC(C)[C@H]1CN(C2CCN(c3ccccc3)CC2)C[C@@H]1NC(=O)CO.Cl.Cl. The number of likely N-dealkylation sites (tertiary alicyclic amines) is 1. The summed E-state index contributed by atoms with van der Waals surface area (Å²) in [5.74, 6) is 0.734. The molecule has 2 heterocycles. The fourth-order valence-corrected chi connectivity index (χ4v) is 4.37. The van der Waals surface area contributed by atoms with E-state index >= 15 is 0 Å². The number of piperidine rings is 1. The number of carbonyl (C=O) groups excluding carboxylic acids is 1. The molecular weight excluding hydrogens is 385 g/mol. The van der Waals surface area contributed by atoms with Crippen LogP contribution in [-0.2, 0) is 4.79 Å². The minimum atomic E-state index is -0.420. The number of para-hydroxylation sites is 1. The number of anilines is 1. The van der Waals surface area contributed by atoms with E-state index in [4.69, 9.17) is 5.11 Å². The van der Waals surface area contributed by atoms with Gasteiger partial charge >= 0.3 is 0 Å². The lowest BCUT2D eigenvalue weighted by molar-refractivity contribution is -0.124. The normalized spacial score (nSPS) is 23.6. The van der Waals surface area contributed by atoms with Crippen molar-refractivity contribution in [1.82, 2.24) is 10.2 Å². The second-order valence-corrected chi connectivity index (χ2v) is 7.75. The van der Waals surface area contributed by atoms with E-state index in [-0.39, 0.29) is 36.8 Å². The van der Waals surface area contributed by atoms with Crippen LogP contribution in [0.3, 0.4) is 0 Å². The van der Waals surface area contributed by atoms with Crippen LogP contribution in [0.2, 0.25) is 0 Å². The highest BCUT2D eigenvalue weighted by Gasteiger charge is 2.39. The Hall–Kier alpha value is -1.01. The average molecular weight is 418 g/mol. The van der Waals surface area contributed by atoms with Crippen LogP contribution in [0.5, 0.6) is 0 Å². The van der Waals surface area contributed by atoms with Gasteiger partial charge in [0.15, 0.2) is 0 Å². The van der Waals surface area contributed by atoms with Gasteiger partial charge in [-0.25, -0.2) is 0 Å². The third-order valence-corrected chi connectivity index (χ3v) is 5.84. The van der Waals surface area contributed by atoms with Crippen LogP contribution in [0.4, 0.5) is 5.69 Å². The lowest BCUT2D eigenvalue weighted by Crippen LogP contribution is -2.46. The maximum atomic E-state index is 11.6. The zero-order valence-corrected chi connectivity index (χ0v) is 17.8. The summed E-state index contributed by atoms with van der Waals surface area (Å²) in [6.45, 7) is 8.16. The third-order valence-electron chi connectivity index (χ3n) is 5.84. The summed E-state index contributed by atoms with van der Waals surface area (Å²) in [6, 6.07) is 11.4. The van der Waals surface area contributed by atoms with E-state index < -0.39 is 6.61 Å². The maximum absolute atomic E-state index is 11.6. The van der Waals surface area contributed by atoms with E-state index in [1.807, 2.05) is 0 Å². The number of benzene rings is 1. The molecule has 2 saturated heterocycles. The molecule has 0 aliphatic carbocycles. The van der Waals surface area contributed by atoms with Crippen LogP contribution in [0.1, 0.15) is 26.7 Å². The Kier molecular flexibility index (Phi) is 9.88. The average Bonchev–Trinajstić information content (AvgIpc) is 3.06. The highest BCUT2D eigenvalue weighted by atomic mass is 35.5. The molecule has 2 N–H and O–H groups in total. The highest BCUT2D eigenvalue weighted by molar-refractivity contribution is 5.85. The maximum Gasteiger partial charge on any atom is 0.245 e. The predicted octanol–water partition coefficient (Wildman–Crippen LogP) is 2.56. The van der Waals surface area contributed by atoms with Crippen molar-refractivity contribution in [2.24, 2.45) is 11.8 Å². The van der Waals surface area contributed by atoms with Crippen molar-refractivity contribution in [2.45, 2.75) is 38.8 Å². The van der Waals surface area contributed by atoms with Crippen LogP contribution in [-0.4, -0.2) is 60.8 Å². The number of halogens is 2. The largest absolute Gasteiger partial charge is 0.387 e. The summed E-state index contributed by atoms with van der Waals surface area (Å²) < 4.78 is 0. The summed E-state index contributed by atoms with van der Waals surface area (Å²) in [7, 11) is 0. The summed E-state index contributed by atoms with van der Waals surface area (Å²) in [6.07, 6.45) is 2.33. The van der Waals surface area contributed by atoms with Crippen LogP contribution < -0.4 is 10.2 Å². The van der Waals surface area contributed by atoms with Crippen molar-refractivity contribution in [3.8, 4) is 0 Å². The van der Waals surface area contributed by atoms with E-state index in [0.717, 1.165) is 26.2 Å². The molecule has 1 aromatic rings. The van der Waals surface area contributed by atoms with E-state index in [1.165, 1.54) is 18.5 Å². The molecule has 154 valence electrons. The smallest absolute Gasteiger partial charge is 0.245 e. The number of rotatable bonds is 5. The van der Waals surface area contributed by atoms with Crippen molar-refractivity contribution in [1.29, 1.82) is 0 Å². The van der Waals surface area contributed by atoms with E-state index in [1.54, 1.807) is 0 Å². The topological polar surface area (TPSA) is 55.8 Å². The fraction of sp³-hybridized carbons (Fsp3) is 0.650. The zero-order valence-electron chi connectivity index (χ0n) is 16.2. The zero-order chi connectivity index (χ0) is 17.8. The molecule has 0 bridgehead atoms. The van der Waals surface area contributed by atoms with Gasteiger partial charge in [-0.15, -0.1) is 24.8 Å². The molecule has 0 aromatic heterocycles. The van der Waals surface area contributed by atoms with E-state index in [0.29, 0.717) is 17.9 Å². The van der Waals surface area contributed by atoms with Crippen molar-refractivity contribution >= 4 is 36.4 Å². The molecule has 2 atom stereocenters. The summed E-state index contributed by atoms with van der Waals surface area (Å²) >= 11 is 0. The van der Waals surface area contributed by atoms with Crippen molar-refractivity contribution < 1.29 is 9.90 Å². The van der Waals surface area contributed by atoms with Gasteiger partial charge in [0.2, 0.25) is 5.91 Å². The quantitative estimate of drug-likeness (QED) is 0.772. The van der Waals surface area contributed by atoms with Gasteiger partial charge in [-0.05, 0) is 36.8 Å². The number of aliphatic hydroxyl groups excluding tert-OH is 1. The standard InChI is InChI=1S/C20H31N3O2.2ClH/c1-15(2)18-12-23(13-19(18)21-20(25)14-24)17-8-10-22(11-9-17)16-6-4-3-5-7-16;;/h3-7,15,17-19,24H,8-14H2,1-2H3,(H,21,25);2*1H/t18-,19+;;/m1../s1. The Bertz CT molecular complexity index is 566. The minimum Gasteiger partial charge on any atom is -0.387 e. The molecule has 27 heavy (non-hydrogen) atoms. The first-order chi connectivity index (χ1) is 12.1. The van der Waals surface area contributed by atoms with Gasteiger partial charge in [-0.1, -0.05) is 32.0 Å². The molecule has 2 aliphatic heterocycles. The number of carbonyl (C=O) groups is 1. The Labute approximate surface area is 175 Å².